The van der Waals surface area contributed by atoms with Gasteiger partial charge in [-0.3, -0.25) is 9.59 Å². The molecular weight excluding hydrogens is 319 g/mol. The van der Waals surface area contributed by atoms with E-state index < -0.39 is 11.7 Å². The fourth-order valence-corrected chi connectivity index (χ4v) is 3.13. The highest BCUT2D eigenvalue weighted by atomic mass is 35.5. The van der Waals surface area contributed by atoms with E-state index in [1.54, 1.807) is 0 Å². The fraction of sp³-hybridized carbons (Fsp3) is 0.529. The number of rotatable bonds is 4. The molecule has 0 saturated heterocycles. The maximum atomic E-state index is 13.8. The summed E-state index contributed by atoms with van der Waals surface area (Å²) in [5.74, 6) is -1.78. The minimum atomic E-state index is -0.579. The van der Waals surface area contributed by atoms with Gasteiger partial charge < -0.3 is 10.6 Å². The molecule has 2 N–H and O–H groups in total. The summed E-state index contributed by atoms with van der Waals surface area (Å²) in [5.41, 5.74) is 0.0907. The molecule has 0 spiro atoms. The molecule has 0 bridgehead atoms. The van der Waals surface area contributed by atoms with Gasteiger partial charge in [0.1, 0.15) is 5.82 Å². The summed E-state index contributed by atoms with van der Waals surface area (Å²) in [5, 5.41) is 5.73. The summed E-state index contributed by atoms with van der Waals surface area (Å²) in [7, 11) is 0. The van der Waals surface area contributed by atoms with Gasteiger partial charge in [0.15, 0.2) is 0 Å². The lowest BCUT2D eigenvalue weighted by atomic mass is 9.78. The standard InChI is InChI=1S/C17H22ClFN2O2/c1-10(2)20-16(22)12-5-3-4-6-13(12)17(23)21-15-8-7-11(18)9-14(15)19/h7-10,12-13H,3-6H2,1-2H3,(H,20,22)(H,21,23). The largest absolute Gasteiger partial charge is 0.354 e. The van der Waals surface area contributed by atoms with Crippen molar-refractivity contribution in [2.75, 3.05) is 5.32 Å². The molecule has 1 aromatic carbocycles. The van der Waals surface area contributed by atoms with Gasteiger partial charge >= 0.3 is 0 Å². The van der Waals surface area contributed by atoms with Crippen LogP contribution in [0.1, 0.15) is 39.5 Å². The molecule has 2 amide bonds. The molecule has 1 aliphatic rings. The molecule has 2 atom stereocenters. The first-order chi connectivity index (χ1) is 10.9. The van der Waals surface area contributed by atoms with Crippen molar-refractivity contribution in [2.45, 2.75) is 45.6 Å². The Labute approximate surface area is 140 Å². The maximum absolute atomic E-state index is 13.8. The quantitative estimate of drug-likeness (QED) is 0.877. The van der Waals surface area contributed by atoms with Crippen molar-refractivity contribution < 1.29 is 14.0 Å². The number of benzene rings is 1. The van der Waals surface area contributed by atoms with Gasteiger partial charge in [0, 0.05) is 22.9 Å². The smallest absolute Gasteiger partial charge is 0.228 e. The first-order valence-corrected chi connectivity index (χ1v) is 8.32. The Morgan fingerprint density at radius 1 is 1.17 bits per heavy atom. The van der Waals surface area contributed by atoms with Crippen molar-refractivity contribution in [3.8, 4) is 0 Å². The van der Waals surface area contributed by atoms with Crippen LogP contribution >= 0.6 is 11.6 Å². The molecule has 4 nitrogen and oxygen atoms in total. The van der Waals surface area contributed by atoms with Crippen molar-refractivity contribution in [3.63, 3.8) is 0 Å². The first-order valence-electron chi connectivity index (χ1n) is 7.94. The van der Waals surface area contributed by atoms with Crippen LogP contribution in [0.4, 0.5) is 10.1 Å². The van der Waals surface area contributed by atoms with E-state index in [2.05, 4.69) is 10.6 Å². The van der Waals surface area contributed by atoms with E-state index in [1.807, 2.05) is 13.8 Å². The van der Waals surface area contributed by atoms with Gasteiger partial charge in [0.05, 0.1) is 5.69 Å². The third-order valence-electron chi connectivity index (χ3n) is 4.06. The van der Waals surface area contributed by atoms with E-state index in [0.29, 0.717) is 12.8 Å². The Balaban J connectivity index is 2.10. The van der Waals surface area contributed by atoms with E-state index in [4.69, 9.17) is 11.6 Å². The molecule has 6 heteroatoms. The lowest BCUT2D eigenvalue weighted by Crippen LogP contribution is -2.43. The van der Waals surface area contributed by atoms with Gasteiger partial charge in [-0.25, -0.2) is 4.39 Å². The minimum absolute atomic E-state index is 0.0295. The van der Waals surface area contributed by atoms with Gasteiger partial charge in [-0.2, -0.15) is 0 Å². The SMILES string of the molecule is CC(C)NC(=O)C1CCCCC1C(=O)Nc1ccc(Cl)cc1F. The van der Waals surface area contributed by atoms with Crippen LogP contribution in [0.5, 0.6) is 0 Å². The van der Waals surface area contributed by atoms with Gasteiger partial charge in [-0.05, 0) is 44.9 Å². The summed E-state index contributed by atoms with van der Waals surface area (Å²) < 4.78 is 13.8. The third-order valence-corrected chi connectivity index (χ3v) is 4.29. The number of amides is 2. The average molecular weight is 341 g/mol. The number of hydrogen-bond donors (Lipinski definition) is 2. The molecule has 2 unspecified atom stereocenters. The number of halogens is 2. The van der Waals surface area contributed by atoms with Crippen molar-refractivity contribution in [3.05, 3.63) is 29.0 Å². The average Bonchev–Trinajstić information content (AvgIpc) is 2.49. The third kappa shape index (κ3) is 4.67. The second-order valence-corrected chi connectivity index (χ2v) is 6.71. The van der Waals surface area contributed by atoms with E-state index in [9.17, 15) is 14.0 Å². The van der Waals surface area contributed by atoms with Crippen LogP contribution in [0, 0.1) is 17.7 Å². The van der Waals surface area contributed by atoms with E-state index in [0.717, 1.165) is 18.9 Å². The predicted octanol–water partition coefficient (Wildman–Crippen LogP) is 3.75. The van der Waals surface area contributed by atoms with Crippen molar-refractivity contribution in [1.29, 1.82) is 0 Å². The van der Waals surface area contributed by atoms with Crippen molar-refractivity contribution in [2.24, 2.45) is 11.8 Å². The summed E-state index contributed by atoms with van der Waals surface area (Å²) >= 11 is 5.71. The molecule has 0 aromatic heterocycles. The molecule has 1 aliphatic carbocycles. The van der Waals surface area contributed by atoms with Crippen LogP contribution in [0.3, 0.4) is 0 Å². The molecule has 0 heterocycles. The maximum Gasteiger partial charge on any atom is 0.228 e. The van der Waals surface area contributed by atoms with E-state index >= 15 is 0 Å². The monoisotopic (exact) mass is 340 g/mol. The van der Waals surface area contributed by atoms with Crippen LogP contribution in [0.25, 0.3) is 0 Å². The molecule has 0 radical (unpaired) electrons. The van der Waals surface area contributed by atoms with Crippen LogP contribution in [0.15, 0.2) is 18.2 Å². The van der Waals surface area contributed by atoms with Crippen LogP contribution in [0.2, 0.25) is 5.02 Å². The summed E-state index contributed by atoms with van der Waals surface area (Å²) in [6.45, 7) is 3.78. The normalized spacial score (nSPS) is 21.1. The second kappa shape index (κ2) is 7.77. The molecule has 126 valence electrons. The zero-order valence-electron chi connectivity index (χ0n) is 13.4. The minimum Gasteiger partial charge on any atom is -0.354 e. The summed E-state index contributed by atoms with van der Waals surface area (Å²) in [4.78, 5) is 24.8. The molecule has 1 aromatic rings. The first kappa shape index (κ1) is 17.7. The highest BCUT2D eigenvalue weighted by Gasteiger charge is 2.36. The Hall–Kier alpha value is -1.62. The number of carbonyl (C=O) groups excluding carboxylic acids is 2. The van der Waals surface area contributed by atoms with Crippen LogP contribution in [-0.4, -0.2) is 17.9 Å². The van der Waals surface area contributed by atoms with Gasteiger partial charge in [0.25, 0.3) is 0 Å². The molecule has 1 fully saturated rings. The zero-order valence-corrected chi connectivity index (χ0v) is 14.1. The second-order valence-electron chi connectivity index (χ2n) is 6.27. The molecule has 1 saturated carbocycles. The van der Waals surface area contributed by atoms with Gasteiger partial charge in [-0.1, -0.05) is 24.4 Å². The van der Waals surface area contributed by atoms with E-state index in [-0.39, 0.29) is 34.5 Å². The highest BCUT2D eigenvalue weighted by molar-refractivity contribution is 6.30. The van der Waals surface area contributed by atoms with Crippen molar-refractivity contribution >= 4 is 29.1 Å². The van der Waals surface area contributed by atoms with Crippen molar-refractivity contribution in [1.82, 2.24) is 5.32 Å². The topological polar surface area (TPSA) is 58.2 Å². The molecule has 2 rings (SSSR count). The van der Waals surface area contributed by atoms with Crippen LogP contribution in [-0.2, 0) is 9.59 Å². The Morgan fingerprint density at radius 2 is 1.78 bits per heavy atom. The van der Waals surface area contributed by atoms with Gasteiger partial charge in [0.2, 0.25) is 11.8 Å². The highest BCUT2D eigenvalue weighted by Crippen LogP contribution is 2.32. The van der Waals surface area contributed by atoms with Crippen LogP contribution < -0.4 is 10.6 Å². The lowest BCUT2D eigenvalue weighted by Gasteiger charge is -2.30. The Kier molecular flexibility index (Phi) is 5.99. The summed E-state index contributed by atoms with van der Waals surface area (Å²) in [6.07, 6.45) is 3.14. The zero-order chi connectivity index (χ0) is 17.0. The lowest BCUT2D eigenvalue weighted by molar-refractivity contribution is -0.134. The number of anilines is 1. The molecular formula is C17H22ClFN2O2. The molecule has 23 heavy (non-hydrogen) atoms. The number of hydrogen-bond acceptors (Lipinski definition) is 2. The number of nitrogens with one attached hydrogen (secondary N) is 2. The number of carbonyl (C=O) groups is 2. The van der Waals surface area contributed by atoms with Gasteiger partial charge in [-0.15, -0.1) is 0 Å². The Morgan fingerprint density at radius 3 is 2.35 bits per heavy atom. The summed E-state index contributed by atoms with van der Waals surface area (Å²) in [6, 6.07) is 4.13. The molecule has 0 aliphatic heterocycles. The Bertz CT molecular complexity index is 592. The predicted molar refractivity (Wildman–Crippen MR) is 88.8 cm³/mol. The van der Waals surface area contributed by atoms with E-state index in [1.165, 1.54) is 12.1 Å². The fourth-order valence-electron chi connectivity index (χ4n) is 2.97.